The predicted molar refractivity (Wildman–Crippen MR) is 73.5 cm³/mol. The van der Waals surface area contributed by atoms with Crippen molar-refractivity contribution in [1.82, 2.24) is 20.3 Å². The topological polar surface area (TPSA) is 86.1 Å². The summed E-state index contributed by atoms with van der Waals surface area (Å²) in [7, 11) is 1.67. The Morgan fingerprint density at radius 2 is 1.95 bits per heavy atom. The van der Waals surface area contributed by atoms with Gasteiger partial charge in [0.15, 0.2) is 11.5 Å². The Balaban J connectivity index is 2.30. The van der Waals surface area contributed by atoms with Crippen LogP contribution in [0.2, 0.25) is 0 Å². The molecular formula is C13H22N4O3. The highest BCUT2D eigenvalue weighted by Crippen LogP contribution is 2.07. The minimum atomic E-state index is -0.517. The van der Waals surface area contributed by atoms with Gasteiger partial charge in [0.25, 0.3) is 0 Å². The molecule has 0 bridgehead atoms. The Labute approximate surface area is 118 Å². The zero-order chi connectivity index (χ0) is 15.3. The highest BCUT2D eigenvalue weighted by Gasteiger charge is 2.16. The molecule has 0 saturated carbocycles. The number of hydrogen-bond donors (Lipinski definition) is 1. The average Bonchev–Trinajstić information content (AvgIpc) is 2.61. The van der Waals surface area contributed by atoms with Crippen LogP contribution in [0.3, 0.4) is 0 Å². The molecule has 7 heteroatoms. The van der Waals surface area contributed by atoms with Gasteiger partial charge in [-0.25, -0.2) is 4.79 Å². The quantitative estimate of drug-likeness (QED) is 0.655. The first kappa shape index (κ1) is 16.1. The summed E-state index contributed by atoms with van der Waals surface area (Å²) in [5, 5.41) is 10.7. The van der Waals surface area contributed by atoms with E-state index in [1.165, 1.54) is 4.80 Å². The lowest BCUT2D eigenvalue weighted by atomic mass is 10.1. The summed E-state index contributed by atoms with van der Waals surface area (Å²) in [6.07, 6.45) is 0.379. The van der Waals surface area contributed by atoms with Gasteiger partial charge in [0.2, 0.25) is 0 Å². The molecule has 0 aliphatic carbocycles. The van der Waals surface area contributed by atoms with Crippen LogP contribution in [-0.2, 0) is 11.8 Å². The van der Waals surface area contributed by atoms with Gasteiger partial charge < -0.3 is 10.1 Å². The lowest BCUT2D eigenvalue weighted by Gasteiger charge is -2.19. The highest BCUT2D eigenvalue weighted by molar-refractivity contribution is 5.95. The molecule has 0 aliphatic heterocycles. The lowest BCUT2D eigenvalue weighted by Crippen LogP contribution is -2.33. The third-order valence-corrected chi connectivity index (χ3v) is 2.40. The summed E-state index contributed by atoms with van der Waals surface area (Å²) >= 11 is 0. The van der Waals surface area contributed by atoms with Crippen LogP contribution in [0, 0.1) is 6.92 Å². The summed E-state index contributed by atoms with van der Waals surface area (Å²) in [6.45, 7) is 7.53. The van der Waals surface area contributed by atoms with Crippen LogP contribution in [0.25, 0.3) is 0 Å². The molecule has 1 aromatic rings. The van der Waals surface area contributed by atoms with Gasteiger partial charge in [-0.15, -0.1) is 0 Å². The van der Waals surface area contributed by atoms with E-state index in [1.807, 2.05) is 0 Å². The number of hydrogen-bond acceptors (Lipinski definition) is 5. The van der Waals surface area contributed by atoms with Gasteiger partial charge in [-0.1, -0.05) is 0 Å². The second-order valence-corrected chi connectivity index (χ2v) is 5.58. The summed E-state index contributed by atoms with van der Waals surface area (Å²) in [6, 6.07) is 0. The first-order chi connectivity index (χ1) is 9.19. The first-order valence-corrected chi connectivity index (χ1v) is 6.57. The smallest absolute Gasteiger partial charge is 0.407 e. The largest absolute Gasteiger partial charge is 0.444 e. The van der Waals surface area contributed by atoms with E-state index in [9.17, 15) is 9.59 Å². The Morgan fingerprint density at radius 1 is 1.30 bits per heavy atom. The molecule has 0 spiro atoms. The summed E-state index contributed by atoms with van der Waals surface area (Å²) in [5.74, 6) is -0.0680. The van der Waals surface area contributed by atoms with Crippen molar-refractivity contribution in [1.29, 1.82) is 0 Å². The maximum atomic E-state index is 11.9. The maximum absolute atomic E-state index is 11.9. The van der Waals surface area contributed by atoms with Gasteiger partial charge in [-0.3, -0.25) is 4.79 Å². The van der Waals surface area contributed by atoms with E-state index < -0.39 is 11.7 Å². The predicted octanol–water partition coefficient (Wildman–Crippen LogP) is 1.61. The summed E-state index contributed by atoms with van der Waals surface area (Å²) in [4.78, 5) is 24.7. The normalized spacial score (nSPS) is 11.2. The van der Waals surface area contributed by atoms with Crippen LogP contribution in [0.15, 0.2) is 0 Å². The average molecular weight is 282 g/mol. The summed E-state index contributed by atoms with van der Waals surface area (Å²) < 4.78 is 5.09. The van der Waals surface area contributed by atoms with Crippen molar-refractivity contribution in [3.8, 4) is 0 Å². The van der Waals surface area contributed by atoms with Crippen LogP contribution in [-0.4, -0.2) is 39.0 Å². The minimum absolute atomic E-state index is 0.0680. The van der Waals surface area contributed by atoms with E-state index in [2.05, 4.69) is 15.5 Å². The van der Waals surface area contributed by atoms with Gasteiger partial charge in [-0.2, -0.15) is 15.0 Å². The number of Topliss-reactive ketones (excluding diaryl/α,β-unsaturated/α-hetero) is 1. The fraction of sp³-hybridized carbons (Fsp3) is 0.692. The molecule has 0 fully saturated rings. The molecule has 0 radical (unpaired) electrons. The third-order valence-electron chi connectivity index (χ3n) is 2.40. The molecule has 0 saturated heterocycles. The van der Waals surface area contributed by atoms with Crippen molar-refractivity contribution in [2.75, 3.05) is 6.54 Å². The molecule has 1 N–H and O–H groups in total. The molecule has 20 heavy (non-hydrogen) atoms. The number of aromatic nitrogens is 3. The Kier molecular flexibility index (Phi) is 5.24. The molecule has 0 aliphatic rings. The van der Waals surface area contributed by atoms with Crippen molar-refractivity contribution >= 4 is 11.9 Å². The number of ketones is 1. The number of aryl methyl sites for hydroxylation is 2. The maximum Gasteiger partial charge on any atom is 0.407 e. The van der Waals surface area contributed by atoms with Gasteiger partial charge >= 0.3 is 6.09 Å². The number of nitrogens with zero attached hydrogens (tertiary/aromatic N) is 3. The van der Waals surface area contributed by atoms with Crippen molar-refractivity contribution in [3.05, 3.63) is 11.4 Å². The second kappa shape index (κ2) is 6.49. The van der Waals surface area contributed by atoms with Crippen molar-refractivity contribution < 1.29 is 14.3 Å². The van der Waals surface area contributed by atoms with E-state index in [1.54, 1.807) is 34.7 Å². The standard InChI is InChI=1S/C13H22N4O3/c1-9-11(16-17(5)15-9)10(18)7-6-8-14-12(19)20-13(2,3)4/h6-8H2,1-5H3,(H,14,19). The van der Waals surface area contributed by atoms with Crippen LogP contribution >= 0.6 is 0 Å². The molecular weight excluding hydrogens is 260 g/mol. The molecule has 7 nitrogen and oxygen atoms in total. The highest BCUT2D eigenvalue weighted by atomic mass is 16.6. The van der Waals surface area contributed by atoms with Crippen molar-refractivity contribution in [2.45, 2.75) is 46.1 Å². The Hall–Kier alpha value is -1.92. The number of ether oxygens (including phenoxy) is 1. The number of rotatable bonds is 5. The molecule has 0 atom stereocenters. The number of carbonyl (C=O) groups is 2. The lowest BCUT2D eigenvalue weighted by molar-refractivity contribution is 0.0525. The van der Waals surface area contributed by atoms with E-state index in [-0.39, 0.29) is 5.78 Å². The summed E-state index contributed by atoms with van der Waals surface area (Å²) in [5.41, 5.74) is 0.499. The zero-order valence-electron chi connectivity index (χ0n) is 12.7. The molecule has 112 valence electrons. The Bertz CT molecular complexity index is 488. The SMILES string of the molecule is Cc1nn(C)nc1C(=O)CCCNC(=O)OC(C)(C)C. The molecule has 0 unspecified atom stereocenters. The fourth-order valence-electron chi connectivity index (χ4n) is 1.63. The van der Waals surface area contributed by atoms with Crippen molar-refractivity contribution in [2.24, 2.45) is 7.05 Å². The van der Waals surface area contributed by atoms with Gasteiger partial charge in [0, 0.05) is 20.0 Å². The molecule has 1 amide bonds. The zero-order valence-corrected chi connectivity index (χ0v) is 12.7. The molecule has 0 aromatic carbocycles. The van der Waals surface area contributed by atoms with E-state index in [4.69, 9.17) is 4.74 Å². The van der Waals surface area contributed by atoms with Crippen LogP contribution in [0.5, 0.6) is 0 Å². The molecule has 1 heterocycles. The van der Waals surface area contributed by atoms with Gasteiger partial charge in [0.1, 0.15) is 5.60 Å². The van der Waals surface area contributed by atoms with Crippen LogP contribution in [0.4, 0.5) is 4.79 Å². The Morgan fingerprint density at radius 3 is 2.45 bits per heavy atom. The number of amides is 1. The van der Waals surface area contributed by atoms with Crippen LogP contribution < -0.4 is 5.32 Å². The van der Waals surface area contributed by atoms with E-state index in [0.717, 1.165) is 0 Å². The molecule has 1 aromatic heterocycles. The van der Waals surface area contributed by atoms with Crippen LogP contribution in [0.1, 0.15) is 49.8 Å². The van der Waals surface area contributed by atoms with E-state index >= 15 is 0 Å². The minimum Gasteiger partial charge on any atom is -0.444 e. The van der Waals surface area contributed by atoms with Gasteiger partial charge in [-0.05, 0) is 34.1 Å². The number of carbonyl (C=O) groups excluding carboxylic acids is 2. The van der Waals surface area contributed by atoms with E-state index in [0.29, 0.717) is 30.8 Å². The number of nitrogens with one attached hydrogen (secondary N) is 1. The van der Waals surface area contributed by atoms with Gasteiger partial charge in [0.05, 0.1) is 5.69 Å². The second-order valence-electron chi connectivity index (χ2n) is 5.58. The third kappa shape index (κ3) is 5.38. The van der Waals surface area contributed by atoms with Crippen molar-refractivity contribution in [3.63, 3.8) is 0 Å². The molecule has 1 rings (SSSR count). The first-order valence-electron chi connectivity index (χ1n) is 6.57. The number of alkyl carbamates (subject to hydrolysis) is 1. The fourth-order valence-corrected chi connectivity index (χ4v) is 1.63. The monoisotopic (exact) mass is 282 g/mol.